The molecule has 0 saturated carbocycles. The lowest BCUT2D eigenvalue weighted by Crippen LogP contribution is -2.24. The molecule has 0 aromatic heterocycles. The van der Waals surface area contributed by atoms with Gasteiger partial charge in [0.05, 0.1) is 14.2 Å². The number of ketones is 2. The monoisotopic (exact) mass is 590 g/mol. The SMILES string of the molecule is COC1=C(OC)C(=O)C(CC=C(C)CCC=C(C)CCC=C(C)CCC=C(C)CCC=C(C)CCC=C(C)C)=C(C)C1=O. The fourth-order valence-corrected chi connectivity index (χ4v) is 5.00. The topological polar surface area (TPSA) is 52.6 Å². The normalized spacial score (nSPS) is 15.9. The van der Waals surface area contributed by atoms with E-state index in [1.165, 1.54) is 54.1 Å². The molecule has 0 spiro atoms. The second-order valence-electron chi connectivity index (χ2n) is 12.3. The number of rotatable bonds is 19. The van der Waals surface area contributed by atoms with Gasteiger partial charge in [0.2, 0.25) is 23.1 Å². The van der Waals surface area contributed by atoms with Gasteiger partial charge in [-0.15, -0.1) is 0 Å². The minimum absolute atomic E-state index is 0.00604. The van der Waals surface area contributed by atoms with Crippen LogP contribution in [0.5, 0.6) is 0 Å². The van der Waals surface area contributed by atoms with E-state index in [2.05, 4.69) is 78.8 Å². The summed E-state index contributed by atoms with van der Waals surface area (Å²) in [4.78, 5) is 25.4. The molecule has 0 atom stereocenters. The van der Waals surface area contributed by atoms with Crippen LogP contribution in [0.1, 0.15) is 126 Å². The van der Waals surface area contributed by atoms with E-state index in [0.717, 1.165) is 57.8 Å². The first-order valence-electron chi connectivity index (χ1n) is 15.9. The van der Waals surface area contributed by atoms with Gasteiger partial charge in [0, 0.05) is 11.1 Å². The maximum absolute atomic E-state index is 12.8. The van der Waals surface area contributed by atoms with E-state index in [9.17, 15) is 9.59 Å². The molecule has 0 N–H and O–H groups in total. The van der Waals surface area contributed by atoms with Crippen LogP contribution in [0.4, 0.5) is 0 Å². The molecule has 0 radical (unpaired) electrons. The van der Waals surface area contributed by atoms with Gasteiger partial charge < -0.3 is 9.47 Å². The van der Waals surface area contributed by atoms with Gasteiger partial charge in [-0.1, -0.05) is 69.9 Å². The molecule has 1 rings (SSSR count). The molecule has 0 aliphatic heterocycles. The van der Waals surface area contributed by atoms with Crippen LogP contribution in [-0.4, -0.2) is 25.8 Å². The van der Waals surface area contributed by atoms with Gasteiger partial charge in [-0.2, -0.15) is 0 Å². The molecular formula is C39H58O4. The maximum Gasteiger partial charge on any atom is 0.228 e. The lowest BCUT2D eigenvalue weighted by atomic mass is 9.90. The summed E-state index contributed by atoms with van der Waals surface area (Å²) >= 11 is 0. The molecule has 1 aliphatic carbocycles. The quantitative estimate of drug-likeness (QED) is 0.111. The standard InChI is InChI=1S/C39H58O4/c1-28(2)16-11-17-29(3)18-12-19-30(4)20-13-21-31(5)22-14-23-32(6)24-15-25-33(7)26-27-35-34(8)36(40)38(42-9)39(43-10)37(35)41/h16,18,20,22,24,26H,11-15,17,19,21,23,25,27H2,1-10H3. The molecule has 0 fully saturated rings. The highest BCUT2D eigenvalue weighted by molar-refractivity contribution is 6.23. The highest BCUT2D eigenvalue weighted by Gasteiger charge is 2.34. The highest BCUT2D eigenvalue weighted by atomic mass is 16.5. The van der Waals surface area contributed by atoms with E-state index in [1.807, 2.05) is 6.08 Å². The van der Waals surface area contributed by atoms with E-state index in [-0.39, 0.29) is 23.1 Å². The van der Waals surface area contributed by atoms with Crippen molar-refractivity contribution in [2.24, 2.45) is 0 Å². The van der Waals surface area contributed by atoms with Crippen molar-refractivity contribution in [3.63, 3.8) is 0 Å². The van der Waals surface area contributed by atoms with E-state index in [4.69, 9.17) is 9.47 Å². The van der Waals surface area contributed by atoms with Gasteiger partial charge in [0.1, 0.15) is 0 Å². The number of Topliss-reactive ketones (excluding diaryl/α,β-unsaturated/α-hetero) is 2. The van der Waals surface area contributed by atoms with Gasteiger partial charge in [-0.3, -0.25) is 9.59 Å². The summed E-state index contributed by atoms with van der Waals surface area (Å²) < 4.78 is 10.3. The van der Waals surface area contributed by atoms with Crippen molar-refractivity contribution < 1.29 is 19.1 Å². The summed E-state index contributed by atoms with van der Waals surface area (Å²) in [6, 6.07) is 0. The molecular weight excluding hydrogens is 532 g/mol. The number of methoxy groups -OCH3 is 2. The van der Waals surface area contributed by atoms with Crippen molar-refractivity contribution in [3.8, 4) is 0 Å². The van der Waals surface area contributed by atoms with E-state index < -0.39 is 0 Å². The average molecular weight is 591 g/mol. The Morgan fingerprint density at radius 3 is 1.19 bits per heavy atom. The second-order valence-corrected chi connectivity index (χ2v) is 12.3. The summed E-state index contributed by atoms with van der Waals surface area (Å²) in [5, 5.41) is 0. The third kappa shape index (κ3) is 14.7. The zero-order valence-corrected chi connectivity index (χ0v) is 28.9. The minimum atomic E-state index is -0.283. The Bertz CT molecular complexity index is 1200. The third-order valence-electron chi connectivity index (χ3n) is 7.97. The van der Waals surface area contributed by atoms with Gasteiger partial charge in [-0.25, -0.2) is 0 Å². The Labute approximate surface area is 263 Å². The predicted octanol–water partition coefficient (Wildman–Crippen LogP) is 10.9. The van der Waals surface area contributed by atoms with Gasteiger partial charge >= 0.3 is 0 Å². The summed E-state index contributed by atoms with van der Waals surface area (Å²) in [7, 11) is 2.77. The molecule has 1 aliphatic rings. The first-order valence-corrected chi connectivity index (χ1v) is 15.9. The van der Waals surface area contributed by atoms with E-state index in [1.54, 1.807) is 6.92 Å². The van der Waals surface area contributed by atoms with Gasteiger partial charge in [0.25, 0.3) is 0 Å². The van der Waals surface area contributed by atoms with Crippen LogP contribution >= 0.6 is 0 Å². The summed E-state index contributed by atoms with van der Waals surface area (Å²) in [6.45, 7) is 17.1. The number of ether oxygens (including phenoxy) is 2. The van der Waals surface area contributed by atoms with Crippen LogP contribution < -0.4 is 0 Å². The average Bonchev–Trinajstić information content (AvgIpc) is 2.94. The van der Waals surface area contributed by atoms with Crippen LogP contribution in [0.3, 0.4) is 0 Å². The molecule has 0 aromatic carbocycles. The van der Waals surface area contributed by atoms with Crippen LogP contribution in [0.2, 0.25) is 0 Å². The Kier molecular flexibility index (Phi) is 18.2. The molecule has 0 heterocycles. The van der Waals surface area contributed by atoms with E-state index >= 15 is 0 Å². The van der Waals surface area contributed by atoms with E-state index in [0.29, 0.717) is 17.6 Å². The number of hydrogen-bond donors (Lipinski definition) is 0. The fraction of sp³-hybridized carbons (Fsp3) is 0.538. The Morgan fingerprint density at radius 2 is 0.837 bits per heavy atom. The zero-order chi connectivity index (χ0) is 32.4. The molecule has 238 valence electrons. The Balaban J connectivity index is 2.41. The van der Waals surface area contributed by atoms with Crippen molar-refractivity contribution in [1.82, 2.24) is 0 Å². The largest absolute Gasteiger partial charge is 0.489 e. The van der Waals surface area contributed by atoms with Crippen molar-refractivity contribution in [1.29, 1.82) is 0 Å². The highest BCUT2D eigenvalue weighted by Crippen LogP contribution is 2.28. The molecule has 0 amide bonds. The fourth-order valence-electron chi connectivity index (χ4n) is 5.00. The molecule has 43 heavy (non-hydrogen) atoms. The first kappa shape index (κ1) is 37.9. The lowest BCUT2D eigenvalue weighted by Gasteiger charge is -2.19. The number of carbonyl (C=O) groups excluding carboxylic acids is 2. The summed E-state index contributed by atoms with van der Waals surface area (Å²) in [5.41, 5.74) is 9.39. The summed E-state index contributed by atoms with van der Waals surface area (Å²) in [5.74, 6) is -0.569. The second kappa shape index (κ2) is 20.7. The van der Waals surface area contributed by atoms with Crippen LogP contribution in [0, 0.1) is 0 Å². The zero-order valence-electron chi connectivity index (χ0n) is 28.9. The van der Waals surface area contributed by atoms with Gasteiger partial charge in [-0.05, 0) is 126 Å². The lowest BCUT2D eigenvalue weighted by molar-refractivity contribution is -0.121. The van der Waals surface area contributed by atoms with Crippen molar-refractivity contribution in [2.45, 2.75) is 126 Å². The van der Waals surface area contributed by atoms with Gasteiger partial charge in [0.15, 0.2) is 0 Å². The van der Waals surface area contributed by atoms with Crippen LogP contribution in [-0.2, 0) is 19.1 Å². The third-order valence-corrected chi connectivity index (χ3v) is 7.97. The van der Waals surface area contributed by atoms with Crippen molar-refractivity contribution in [3.05, 3.63) is 92.6 Å². The van der Waals surface area contributed by atoms with Crippen LogP contribution in [0.15, 0.2) is 92.6 Å². The van der Waals surface area contributed by atoms with Crippen molar-refractivity contribution in [2.75, 3.05) is 14.2 Å². The molecule has 0 aromatic rings. The summed E-state index contributed by atoms with van der Waals surface area (Å²) in [6.07, 6.45) is 25.2. The molecule has 0 bridgehead atoms. The molecule has 4 heteroatoms. The smallest absolute Gasteiger partial charge is 0.228 e. The molecule has 0 saturated heterocycles. The molecule has 0 unspecified atom stereocenters. The van der Waals surface area contributed by atoms with Crippen molar-refractivity contribution >= 4 is 11.6 Å². The Morgan fingerprint density at radius 1 is 0.512 bits per heavy atom. The minimum Gasteiger partial charge on any atom is -0.489 e. The Hall–Kier alpha value is -3.14. The number of allylic oxidation sites excluding steroid dienone is 14. The first-order chi connectivity index (χ1) is 20.4. The predicted molar refractivity (Wildman–Crippen MR) is 183 cm³/mol. The number of carbonyl (C=O) groups is 2. The maximum atomic E-state index is 12.8. The number of hydrogen-bond acceptors (Lipinski definition) is 4. The van der Waals surface area contributed by atoms with Crippen LogP contribution in [0.25, 0.3) is 0 Å². The molecule has 4 nitrogen and oxygen atoms in total.